The average Bonchev–Trinajstić information content (AvgIpc) is 3.55. The van der Waals surface area contributed by atoms with E-state index in [2.05, 4.69) is 80.1 Å². The van der Waals surface area contributed by atoms with Crippen LogP contribution in [-0.2, 0) is 44.1 Å². The van der Waals surface area contributed by atoms with E-state index < -0.39 is 45.1 Å². The van der Waals surface area contributed by atoms with Crippen LogP contribution in [0.2, 0.25) is 0 Å². The maximum absolute atomic E-state index is 15.4. The molecule has 10 heteroatoms. The molecule has 11 atom stereocenters. The van der Waals surface area contributed by atoms with Gasteiger partial charge in [-0.05, 0) is 153 Å². The fraction of sp³-hybridized carbons (Fsp3) is 0.729. The first-order valence-corrected chi connectivity index (χ1v) is 27.3. The topological polar surface area (TPSA) is 149 Å². The minimum absolute atomic E-state index is 0.120. The third kappa shape index (κ3) is 7.35. The number of Topliss-reactive ketones (excluding diaryl/α,β-unsaturated/α-hetero) is 2. The molecular weight excluding hydrogens is 863 g/mol. The lowest BCUT2D eigenvalue weighted by atomic mass is 9.34. The summed E-state index contributed by atoms with van der Waals surface area (Å²) in [6, 6.07) is 6.99. The highest BCUT2D eigenvalue weighted by molar-refractivity contribution is 6.02. The van der Waals surface area contributed by atoms with Gasteiger partial charge in [0.2, 0.25) is 0 Å². The van der Waals surface area contributed by atoms with E-state index in [-0.39, 0.29) is 35.1 Å². The van der Waals surface area contributed by atoms with Crippen LogP contribution >= 0.6 is 0 Å². The normalized spacial score (nSPS) is 39.0. The molecular formula is C59H83N3O7. The molecule has 69 heavy (non-hydrogen) atoms. The molecule has 6 fully saturated rings. The number of aliphatic hydroxyl groups is 3. The van der Waals surface area contributed by atoms with Gasteiger partial charge >= 0.3 is 0 Å². The Morgan fingerprint density at radius 1 is 0.928 bits per heavy atom. The highest BCUT2D eigenvalue weighted by atomic mass is 16.6. The quantitative estimate of drug-likeness (QED) is 0.126. The number of aryl methyl sites for hydroxylation is 1. The average molecular weight is 946 g/mol. The van der Waals surface area contributed by atoms with Crippen LogP contribution < -0.4 is 5.32 Å². The summed E-state index contributed by atoms with van der Waals surface area (Å²) in [5.41, 5.74) is 6.49. The molecule has 10 nitrogen and oxygen atoms in total. The number of carbonyl (C=O) groups excluding carboxylic acids is 2. The van der Waals surface area contributed by atoms with Crippen LogP contribution in [0.25, 0.3) is 11.0 Å². The third-order valence-corrected chi connectivity index (χ3v) is 21.6. The van der Waals surface area contributed by atoms with E-state index in [0.717, 1.165) is 66.4 Å². The Kier molecular flexibility index (Phi) is 11.7. The van der Waals surface area contributed by atoms with Crippen molar-refractivity contribution in [3.63, 3.8) is 0 Å². The zero-order valence-electron chi connectivity index (χ0n) is 43.2. The van der Waals surface area contributed by atoms with E-state index in [1.807, 2.05) is 20.9 Å². The van der Waals surface area contributed by atoms with Gasteiger partial charge < -0.3 is 39.7 Å². The summed E-state index contributed by atoms with van der Waals surface area (Å²) in [6.45, 7) is 18.1. The van der Waals surface area contributed by atoms with Gasteiger partial charge in [-0.15, -0.1) is 0 Å². The number of aliphatic hydroxyl groups excluding tert-OH is 2. The van der Waals surface area contributed by atoms with E-state index in [1.54, 1.807) is 0 Å². The highest BCUT2D eigenvalue weighted by Crippen LogP contribution is 2.76. The van der Waals surface area contributed by atoms with Gasteiger partial charge in [0, 0.05) is 86.6 Å². The maximum Gasteiger partial charge on any atom is 0.160 e. The number of hydrogen-bond acceptors (Lipinski definition) is 8. The molecule has 11 rings (SSSR count). The van der Waals surface area contributed by atoms with E-state index in [4.69, 9.17) is 9.47 Å². The molecule has 0 spiro atoms. The van der Waals surface area contributed by atoms with Gasteiger partial charge in [-0.3, -0.25) is 9.59 Å². The van der Waals surface area contributed by atoms with Crippen molar-refractivity contribution in [3.05, 3.63) is 69.6 Å². The molecule has 5 N–H and O–H groups in total. The summed E-state index contributed by atoms with van der Waals surface area (Å²) in [5, 5.41) is 41.4. The number of aromatic amines is 1. The Bertz CT molecular complexity index is 2560. The molecule has 4 saturated carbocycles. The number of ketones is 2. The van der Waals surface area contributed by atoms with Gasteiger partial charge in [0.05, 0.1) is 34.4 Å². The summed E-state index contributed by atoms with van der Waals surface area (Å²) < 4.78 is 14.3. The molecule has 0 amide bonds. The Balaban J connectivity index is 1.05. The van der Waals surface area contributed by atoms with Crippen molar-refractivity contribution in [1.82, 2.24) is 14.9 Å². The number of nitrogens with zero attached hydrogens (tertiary/aromatic N) is 1. The standard InChI is InChI=1S/C59H83N3O7/c1-53(2)52(69-53)43(64)30-54(3)17-14-37-32-61-48-39(27-35-26-38(36-12-10-9-11-13-36)29-40(28-35)59(67)21-24-68-25-22-59)33-62(49(37)48)34-41-46-47(54)42(63)31-58(46,7)57(6)19-15-44-55(4,20-23-60-8)45(65)16-18-56(44,5)51(57)50(41)66/h26,28-29,32-33,36,41,43-44,50-52,60-61,64,66-67H,9-25,27,30-31,34H2,1-8H3. The van der Waals surface area contributed by atoms with E-state index in [9.17, 15) is 20.1 Å². The molecule has 0 bridgehead atoms. The van der Waals surface area contributed by atoms with Crippen LogP contribution in [0, 0.1) is 44.8 Å². The van der Waals surface area contributed by atoms with Crippen LogP contribution in [-0.4, -0.2) is 87.2 Å². The number of fused-ring (bicyclic) bond motifs is 4. The molecule has 8 aliphatic rings. The Hall–Kier alpha value is -3.12. The zero-order chi connectivity index (χ0) is 48.7. The largest absolute Gasteiger partial charge is 0.392 e. The second-order valence-electron chi connectivity index (χ2n) is 25.9. The number of allylic oxidation sites excluding steroid dienone is 1. The first-order valence-electron chi connectivity index (χ1n) is 27.3. The highest BCUT2D eigenvalue weighted by Gasteiger charge is 2.73. The lowest BCUT2D eigenvalue weighted by Crippen LogP contribution is -2.68. The van der Waals surface area contributed by atoms with Crippen molar-refractivity contribution < 1.29 is 34.4 Å². The molecule has 3 aliphatic heterocycles. The molecule has 1 aromatic carbocycles. The second kappa shape index (κ2) is 16.7. The van der Waals surface area contributed by atoms with E-state index in [1.165, 1.54) is 54.4 Å². The summed E-state index contributed by atoms with van der Waals surface area (Å²) in [4.78, 5) is 33.4. The number of carbonyl (C=O) groups is 2. The molecule has 5 aliphatic carbocycles. The van der Waals surface area contributed by atoms with Gasteiger partial charge in [-0.25, -0.2) is 0 Å². The summed E-state index contributed by atoms with van der Waals surface area (Å²) in [7, 11) is 1.97. The number of aromatic nitrogens is 2. The number of hydrogen-bond donors (Lipinski definition) is 5. The first kappa shape index (κ1) is 48.2. The number of ether oxygens (including phenoxy) is 2. The summed E-state index contributed by atoms with van der Waals surface area (Å²) in [6.07, 6.45) is 16.7. The second-order valence-corrected chi connectivity index (χ2v) is 25.9. The van der Waals surface area contributed by atoms with Crippen molar-refractivity contribution in [2.75, 3.05) is 26.8 Å². The maximum atomic E-state index is 15.4. The monoisotopic (exact) mass is 946 g/mol. The van der Waals surface area contributed by atoms with Gasteiger partial charge in [0.25, 0.3) is 0 Å². The van der Waals surface area contributed by atoms with Gasteiger partial charge in [-0.2, -0.15) is 0 Å². The molecule has 376 valence electrons. The Morgan fingerprint density at radius 2 is 1.67 bits per heavy atom. The van der Waals surface area contributed by atoms with Crippen molar-refractivity contribution in [2.45, 2.75) is 200 Å². The Morgan fingerprint density at radius 3 is 2.38 bits per heavy atom. The van der Waals surface area contributed by atoms with Crippen LogP contribution in [0.15, 0.2) is 41.7 Å². The molecule has 0 radical (unpaired) electrons. The number of rotatable bonds is 10. The molecule has 2 saturated heterocycles. The SMILES string of the molecule is CNCCC1(C)C(=O)CCC2(C)C1CCC1(C)C2C(O)C2Cn3cc(Cc4cc(C5CCCCC5)cc(C5(O)CCOCC5)c4)c4[nH]cc(c43)CCC(C)(CC(O)C3OC3(C)C)C3=C2C1(C)CC3=O. The van der Waals surface area contributed by atoms with E-state index >= 15 is 4.79 Å². The predicted molar refractivity (Wildman–Crippen MR) is 269 cm³/mol. The van der Waals surface area contributed by atoms with Gasteiger partial charge in [0.15, 0.2) is 5.78 Å². The minimum atomic E-state index is -0.914. The van der Waals surface area contributed by atoms with Crippen LogP contribution in [0.4, 0.5) is 0 Å². The fourth-order valence-electron chi connectivity index (χ4n) is 17.6. The van der Waals surface area contributed by atoms with Gasteiger partial charge in [-0.1, -0.05) is 72.1 Å². The number of H-pyrrole nitrogens is 1. The molecule has 2 aromatic heterocycles. The molecule has 11 unspecified atom stereocenters. The Labute approximate surface area is 411 Å². The lowest BCUT2D eigenvalue weighted by Gasteiger charge is -2.70. The van der Waals surface area contributed by atoms with E-state index in [0.29, 0.717) is 76.4 Å². The summed E-state index contributed by atoms with van der Waals surface area (Å²) in [5.74, 6) is 0.652. The third-order valence-electron chi connectivity index (χ3n) is 21.6. The predicted octanol–water partition coefficient (Wildman–Crippen LogP) is 9.77. The lowest BCUT2D eigenvalue weighted by molar-refractivity contribution is -0.222. The number of benzene rings is 1. The number of epoxide rings is 1. The van der Waals surface area contributed by atoms with Crippen LogP contribution in [0.5, 0.6) is 0 Å². The minimum Gasteiger partial charge on any atom is -0.392 e. The van der Waals surface area contributed by atoms with Crippen molar-refractivity contribution in [3.8, 4) is 0 Å². The van der Waals surface area contributed by atoms with Crippen molar-refractivity contribution in [2.24, 2.45) is 44.8 Å². The first-order chi connectivity index (χ1) is 32.7. The van der Waals surface area contributed by atoms with Crippen molar-refractivity contribution in [1.29, 1.82) is 0 Å². The van der Waals surface area contributed by atoms with Gasteiger partial charge in [0.1, 0.15) is 11.9 Å². The molecule has 3 aromatic rings. The zero-order valence-corrected chi connectivity index (χ0v) is 43.2. The van der Waals surface area contributed by atoms with Crippen molar-refractivity contribution >= 4 is 22.6 Å². The van der Waals surface area contributed by atoms with Crippen LogP contribution in [0.1, 0.15) is 179 Å². The molecule has 5 heterocycles. The number of nitrogens with one attached hydrogen (secondary N) is 2. The van der Waals surface area contributed by atoms with Crippen LogP contribution in [0.3, 0.4) is 0 Å². The smallest absolute Gasteiger partial charge is 0.160 e. The fourth-order valence-corrected chi connectivity index (χ4v) is 17.6. The summed E-state index contributed by atoms with van der Waals surface area (Å²) >= 11 is 0.